The van der Waals surface area contributed by atoms with E-state index in [0.29, 0.717) is 6.61 Å². The fourth-order valence-electron chi connectivity index (χ4n) is 4.12. The van der Waals surface area contributed by atoms with Gasteiger partial charge < -0.3 is 4.74 Å². The van der Waals surface area contributed by atoms with Crippen molar-refractivity contribution in [3.05, 3.63) is 12.1 Å². The first kappa shape index (κ1) is 15.7. The number of hydrogen-bond donors (Lipinski definition) is 0. The largest absolute Gasteiger partial charge is 0.462 e. The van der Waals surface area contributed by atoms with Crippen molar-refractivity contribution in [1.82, 2.24) is 0 Å². The monoisotopic (exact) mass is 276 g/mol. The van der Waals surface area contributed by atoms with E-state index in [9.17, 15) is 4.79 Å². The van der Waals surface area contributed by atoms with Crippen LogP contribution in [0.2, 0.25) is 11.6 Å². The van der Waals surface area contributed by atoms with Crippen molar-refractivity contribution in [3.63, 3.8) is 0 Å². The molecule has 0 aromatic heterocycles. The van der Waals surface area contributed by atoms with E-state index in [1.165, 1.54) is 71.1 Å². The zero-order valence-electron chi connectivity index (χ0n) is 13.0. The first-order valence-corrected chi connectivity index (χ1v) is 8.57. The van der Waals surface area contributed by atoms with Crippen LogP contribution in [0.5, 0.6) is 0 Å². The minimum atomic E-state index is -0.179. The molecule has 0 spiro atoms. The van der Waals surface area contributed by atoms with E-state index in [4.69, 9.17) is 4.74 Å². The van der Waals surface area contributed by atoms with Gasteiger partial charge in [-0.2, -0.15) is 0 Å². The van der Waals surface area contributed by atoms with E-state index in [2.05, 4.69) is 12.1 Å². The SMILES string of the molecule is CC(=O)OC/C=C/B(C1CCCCC1)C1CCCCC1. The molecule has 0 aromatic rings. The van der Waals surface area contributed by atoms with Crippen molar-refractivity contribution >= 4 is 12.7 Å². The zero-order chi connectivity index (χ0) is 14.2. The van der Waals surface area contributed by atoms with Crippen molar-refractivity contribution in [2.75, 3.05) is 6.61 Å². The summed E-state index contributed by atoms with van der Waals surface area (Å²) in [5.74, 6) is 3.96. The van der Waals surface area contributed by atoms with Gasteiger partial charge in [-0.3, -0.25) is 4.79 Å². The van der Waals surface area contributed by atoms with E-state index in [-0.39, 0.29) is 5.97 Å². The van der Waals surface area contributed by atoms with Crippen molar-refractivity contribution in [1.29, 1.82) is 0 Å². The minimum Gasteiger partial charge on any atom is -0.462 e. The Bertz CT molecular complexity index is 297. The van der Waals surface area contributed by atoms with Gasteiger partial charge in [0.1, 0.15) is 6.61 Å². The fourth-order valence-corrected chi connectivity index (χ4v) is 4.12. The van der Waals surface area contributed by atoms with Crippen LogP contribution in [0.3, 0.4) is 0 Å². The molecular weight excluding hydrogens is 247 g/mol. The van der Waals surface area contributed by atoms with Gasteiger partial charge in [0.15, 0.2) is 6.71 Å². The lowest BCUT2D eigenvalue weighted by Crippen LogP contribution is -2.28. The van der Waals surface area contributed by atoms with Gasteiger partial charge in [0.2, 0.25) is 0 Å². The molecule has 0 aliphatic heterocycles. The summed E-state index contributed by atoms with van der Waals surface area (Å²) in [6.45, 7) is 2.66. The fraction of sp³-hybridized carbons (Fsp3) is 0.824. The summed E-state index contributed by atoms with van der Waals surface area (Å²) in [7, 11) is 0. The first-order valence-electron chi connectivity index (χ1n) is 8.57. The number of rotatable bonds is 5. The third kappa shape index (κ3) is 4.99. The molecule has 2 rings (SSSR count). The molecule has 0 aromatic carbocycles. The van der Waals surface area contributed by atoms with E-state index >= 15 is 0 Å². The normalized spacial score (nSPS) is 22.1. The van der Waals surface area contributed by atoms with Gasteiger partial charge in [-0.25, -0.2) is 0 Å². The van der Waals surface area contributed by atoms with Gasteiger partial charge in [-0.05, 0) is 0 Å². The summed E-state index contributed by atoms with van der Waals surface area (Å²) in [5, 5.41) is 0. The molecule has 0 N–H and O–H groups in total. The van der Waals surface area contributed by atoms with E-state index in [1.807, 2.05) is 0 Å². The molecule has 0 bridgehead atoms. The molecular formula is C17H29BO2. The zero-order valence-corrected chi connectivity index (χ0v) is 13.0. The Kier molecular flexibility index (Phi) is 6.68. The average molecular weight is 276 g/mol. The van der Waals surface area contributed by atoms with Crippen LogP contribution in [0.15, 0.2) is 12.1 Å². The van der Waals surface area contributed by atoms with Crippen molar-refractivity contribution in [3.8, 4) is 0 Å². The molecule has 0 heterocycles. The maximum Gasteiger partial charge on any atom is 0.302 e. The lowest BCUT2D eigenvalue weighted by Gasteiger charge is -2.34. The molecule has 0 saturated heterocycles. The second-order valence-corrected chi connectivity index (χ2v) is 6.60. The Hall–Kier alpha value is -0.725. The molecule has 2 aliphatic carbocycles. The van der Waals surface area contributed by atoms with Crippen LogP contribution in [0.4, 0.5) is 0 Å². The molecule has 0 radical (unpaired) electrons. The van der Waals surface area contributed by atoms with Crippen LogP contribution < -0.4 is 0 Å². The Morgan fingerprint density at radius 1 is 1.00 bits per heavy atom. The highest BCUT2D eigenvalue weighted by molar-refractivity contribution is 6.67. The quantitative estimate of drug-likeness (QED) is 0.532. The first-order chi connectivity index (χ1) is 9.77. The van der Waals surface area contributed by atoms with E-state index in [1.54, 1.807) is 0 Å². The predicted octanol–water partition coefficient (Wildman–Crippen LogP) is 4.81. The summed E-state index contributed by atoms with van der Waals surface area (Å²) < 4.78 is 5.04. The molecule has 0 amide bonds. The highest BCUT2D eigenvalue weighted by atomic mass is 16.5. The van der Waals surface area contributed by atoms with Gasteiger partial charge in [-0.15, -0.1) is 5.98 Å². The Morgan fingerprint density at radius 3 is 1.95 bits per heavy atom. The molecule has 2 saturated carbocycles. The van der Waals surface area contributed by atoms with E-state index in [0.717, 1.165) is 18.3 Å². The Balaban J connectivity index is 1.92. The van der Waals surface area contributed by atoms with Crippen molar-refractivity contribution in [2.24, 2.45) is 0 Å². The summed E-state index contributed by atoms with van der Waals surface area (Å²) in [5.41, 5.74) is 0. The highest BCUT2D eigenvalue weighted by Gasteiger charge is 2.32. The van der Waals surface area contributed by atoms with Gasteiger partial charge in [0.05, 0.1) is 0 Å². The molecule has 0 unspecified atom stereocenters. The van der Waals surface area contributed by atoms with Crippen LogP contribution in [0, 0.1) is 0 Å². The van der Waals surface area contributed by atoms with Crippen LogP contribution >= 0.6 is 0 Å². The third-order valence-electron chi connectivity index (χ3n) is 5.13. The van der Waals surface area contributed by atoms with Crippen molar-refractivity contribution in [2.45, 2.75) is 82.8 Å². The van der Waals surface area contributed by atoms with E-state index < -0.39 is 0 Å². The molecule has 3 heteroatoms. The topological polar surface area (TPSA) is 26.3 Å². The number of esters is 1. The lowest BCUT2D eigenvalue weighted by molar-refractivity contribution is -0.139. The number of hydrogen-bond acceptors (Lipinski definition) is 2. The lowest BCUT2D eigenvalue weighted by atomic mass is 9.30. The van der Waals surface area contributed by atoms with Gasteiger partial charge in [0, 0.05) is 6.92 Å². The number of ether oxygens (including phenoxy) is 1. The standard InChI is InChI=1S/C17H29BO2/c1-15(19)20-14-8-13-18(16-9-4-2-5-10-16)17-11-6-3-7-12-17/h8,13,16-17H,2-7,9-12,14H2,1H3/b13-8+. The van der Waals surface area contributed by atoms with Gasteiger partial charge in [-0.1, -0.05) is 81.9 Å². The second-order valence-electron chi connectivity index (χ2n) is 6.60. The van der Waals surface area contributed by atoms with Crippen LogP contribution in [0.1, 0.15) is 71.1 Å². The summed E-state index contributed by atoms with van der Waals surface area (Å²) >= 11 is 0. The molecule has 0 atom stereocenters. The third-order valence-corrected chi connectivity index (χ3v) is 5.13. The molecule has 2 nitrogen and oxygen atoms in total. The van der Waals surface area contributed by atoms with Crippen molar-refractivity contribution < 1.29 is 9.53 Å². The molecule has 2 aliphatic rings. The summed E-state index contributed by atoms with van der Waals surface area (Å²) in [6, 6.07) is 0. The highest BCUT2D eigenvalue weighted by Crippen LogP contribution is 2.41. The average Bonchev–Trinajstić information content (AvgIpc) is 2.49. The molecule has 112 valence electrons. The summed E-state index contributed by atoms with van der Waals surface area (Å²) in [4.78, 5) is 10.8. The van der Waals surface area contributed by atoms with Crippen LogP contribution in [-0.4, -0.2) is 19.3 Å². The Labute approximate surface area is 124 Å². The minimum absolute atomic E-state index is 0.179. The Morgan fingerprint density at radius 2 is 1.50 bits per heavy atom. The van der Waals surface area contributed by atoms with Gasteiger partial charge in [0.25, 0.3) is 0 Å². The predicted molar refractivity (Wildman–Crippen MR) is 85.2 cm³/mol. The maximum atomic E-state index is 10.8. The van der Waals surface area contributed by atoms with Crippen LogP contribution in [-0.2, 0) is 9.53 Å². The maximum absolute atomic E-state index is 10.8. The smallest absolute Gasteiger partial charge is 0.302 e. The molecule has 2 fully saturated rings. The number of carbonyl (C=O) groups is 1. The second kappa shape index (κ2) is 8.54. The van der Waals surface area contributed by atoms with Gasteiger partial charge >= 0.3 is 5.97 Å². The summed E-state index contributed by atoms with van der Waals surface area (Å²) in [6.07, 6.45) is 16.2. The number of carbonyl (C=O) groups excluding carboxylic acids is 1. The van der Waals surface area contributed by atoms with Crippen LogP contribution in [0.25, 0.3) is 0 Å². The molecule has 20 heavy (non-hydrogen) atoms.